The van der Waals surface area contributed by atoms with Gasteiger partial charge in [0.2, 0.25) is 12.0 Å². The van der Waals surface area contributed by atoms with Crippen molar-refractivity contribution < 1.29 is 14.3 Å². The molecule has 5 nitrogen and oxygen atoms in total. The summed E-state index contributed by atoms with van der Waals surface area (Å²) in [4.78, 5) is 29.6. The maximum Gasteiger partial charge on any atom is 0.267 e. The van der Waals surface area contributed by atoms with Crippen molar-refractivity contribution in [2.45, 2.75) is 38.0 Å². The summed E-state index contributed by atoms with van der Waals surface area (Å²) in [7, 11) is 0. The standard InChI is InChI=1S/C22H23ClN2O3/c23-17-9-11-18(12-10-17)28-20-19(21(26)24-13-5-2-6-14-24)25(22(20)27)15-16-7-3-1-4-8-16/h1,3-4,7-12,19-20H,2,5-6,13-15H2/t19-,20-/m0/s1. The molecule has 2 fully saturated rings. The van der Waals surface area contributed by atoms with E-state index in [-0.39, 0.29) is 11.8 Å². The molecule has 2 amide bonds. The number of piperidine rings is 1. The lowest BCUT2D eigenvalue weighted by atomic mass is 9.94. The first kappa shape index (κ1) is 18.8. The zero-order chi connectivity index (χ0) is 19.5. The van der Waals surface area contributed by atoms with E-state index in [1.807, 2.05) is 35.2 Å². The maximum atomic E-state index is 13.2. The second-order valence-electron chi connectivity index (χ2n) is 7.27. The number of hydrogen-bond donors (Lipinski definition) is 0. The third kappa shape index (κ3) is 3.85. The summed E-state index contributed by atoms with van der Waals surface area (Å²) in [5, 5.41) is 0.596. The summed E-state index contributed by atoms with van der Waals surface area (Å²) in [6.07, 6.45) is 2.37. The van der Waals surface area contributed by atoms with Crippen molar-refractivity contribution in [3.63, 3.8) is 0 Å². The number of rotatable bonds is 5. The Labute approximate surface area is 169 Å². The highest BCUT2D eigenvalue weighted by atomic mass is 35.5. The van der Waals surface area contributed by atoms with Crippen molar-refractivity contribution in [2.24, 2.45) is 0 Å². The molecule has 6 heteroatoms. The molecular weight excluding hydrogens is 376 g/mol. The lowest BCUT2D eigenvalue weighted by Gasteiger charge is -2.47. The molecule has 0 N–H and O–H groups in total. The molecule has 2 saturated heterocycles. The van der Waals surface area contributed by atoms with Gasteiger partial charge in [0.25, 0.3) is 5.91 Å². The first-order chi connectivity index (χ1) is 13.6. The fourth-order valence-corrected chi connectivity index (χ4v) is 3.94. The van der Waals surface area contributed by atoms with Gasteiger partial charge in [-0.2, -0.15) is 0 Å². The summed E-state index contributed by atoms with van der Waals surface area (Å²) >= 11 is 5.93. The van der Waals surface area contributed by atoms with E-state index in [9.17, 15) is 9.59 Å². The van der Waals surface area contributed by atoms with Crippen LogP contribution < -0.4 is 4.74 Å². The van der Waals surface area contributed by atoms with Crippen LogP contribution in [0.5, 0.6) is 5.75 Å². The Balaban J connectivity index is 1.54. The minimum Gasteiger partial charge on any atom is -0.478 e. The van der Waals surface area contributed by atoms with E-state index in [4.69, 9.17) is 16.3 Å². The predicted molar refractivity (Wildman–Crippen MR) is 107 cm³/mol. The van der Waals surface area contributed by atoms with Gasteiger partial charge in [0, 0.05) is 24.7 Å². The Morgan fingerprint density at radius 3 is 2.36 bits per heavy atom. The van der Waals surface area contributed by atoms with Crippen LogP contribution in [0.4, 0.5) is 0 Å². The van der Waals surface area contributed by atoms with Crippen LogP contribution in [-0.4, -0.2) is 46.8 Å². The van der Waals surface area contributed by atoms with Crippen LogP contribution in [0.25, 0.3) is 0 Å². The van der Waals surface area contributed by atoms with Gasteiger partial charge in [-0.3, -0.25) is 9.59 Å². The molecule has 2 atom stereocenters. The van der Waals surface area contributed by atoms with Crippen LogP contribution in [0.1, 0.15) is 24.8 Å². The van der Waals surface area contributed by atoms with Gasteiger partial charge in [-0.05, 0) is 49.1 Å². The topological polar surface area (TPSA) is 49.9 Å². The van der Waals surface area contributed by atoms with Crippen LogP contribution in [0.3, 0.4) is 0 Å². The molecule has 0 aliphatic carbocycles. The SMILES string of the molecule is O=C([C@@H]1[C@H](Oc2ccc(Cl)cc2)C(=O)N1Cc1ccccc1)N1CCCCC1. The van der Waals surface area contributed by atoms with Crippen molar-refractivity contribution in [1.29, 1.82) is 0 Å². The molecule has 0 saturated carbocycles. The van der Waals surface area contributed by atoms with Gasteiger partial charge in [0.05, 0.1) is 0 Å². The normalized spacial score (nSPS) is 22.0. The minimum atomic E-state index is -0.792. The van der Waals surface area contributed by atoms with Crippen LogP contribution >= 0.6 is 11.6 Å². The molecule has 0 radical (unpaired) electrons. The summed E-state index contributed by atoms with van der Waals surface area (Å²) in [6.45, 7) is 1.90. The van der Waals surface area contributed by atoms with Gasteiger partial charge in [0.15, 0.2) is 6.04 Å². The molecule has 2 aliphatic rings. The summed E-state index contributed by atoms with van der Waals surface area (Å²) in [5.74, 6) is 0.363. The fourth-order valence-electron chi connectivity index (χ4n) is 3.81. The van der Waals surface area contributed by atoms with Crippen molar-refractivity contribution in [2.75, 3.05) is 13.1 Å². The molecule has 0 aromatic heterocycles. The van der Waals surface area contributed by atoms with Crippen molar-refractivity contribution >= 4 is 23.4 Å². The average molecular weight is 399 g/mol. The number of ether oxygens (including phenoxy) is 1. The largest absolute Gasteiger partial charge is 0.478 e. The van der Waals surface area contributed by atoms with Gasteiger partial charge in [-0.25, -0.2) is 0 Å². The number of nitrogens with zero attached hydrogens (tertiary/aromatic N) is 2. The number of halogens is 1. The number of hydrogen-bond acceptors (Lipinski definition) is 3. The Morgan fingerprint density at radius 1 is 1.00 bits per heavy atom. The highest BCUT2D eigenvalue weighted by Crippen LogP contribution is 2.30. The Hall–Kier alpha value is -2.53. The zero-order valence-electron chi connectivity index (χ0n) is 15.6. The van der Waals surface area contributed by atoms with Crippen molar-refractivity contribution in [3.8, 4) is 5.75 Å². The molecule has 28 heavy (non-hydrogen) atoms. The molecule has 2 heterocycles. The average Bonchev–Trinajstić information content (AvgIpc) is 2.75. The van der Waals surface area contributed by atoms with Crippen LogP contribution in [0.15, 0.2) is 54.6 Å². The molecule has 0 spiro atoms. The quantitative estimate of drug-likeness (QED) is 0.724. The van der Waals surface area contributed by atoms with Crippen molar-refractivity contribution in [3.05, 3.63) is 65.2 Å². The second kappa shape index (κ2) is 8.23. The molecule has 2 aromatic rings. The monoisotopic (exact) mass is 398 g/mol. The molecule has 0 bridgehead atoms. The Kier molecular flexibility index (Phi) is 5.53. The van der Waals surface area contributed by atoms with E-state index < -0.39 is 12.1 Å². The van der Waals surface area contributed by atoms with E-state index in [1.165, 1.54) is 0 Å². The van der Waals surface area contributed by atoms with Crippen molar-refractivity contribution in [1.82, 2.24) is 9.80 Å². The highest BCUT2D eigenvalue weighted by molar-refractivity contribution is 6.30. The third-order valence-corrected chi connectivity index (χ3v) is 5.59. The molecule has 0 unspecified atom stereocenters. The highest BCUT2D eigenvalue weighted by Gasteiger charge is 2.54. The Morgan fingerprint density at radius 2 is 1.68 bits per heavy atom. The van der Waals surface area contributed by atoms with Crippen LogP contribution in [-0.2, 0) is 16.1 Å². The van der Waals surface area contributed by atoms with Gasteiger partial charge in [-0.1, -0.05) is 41.9 Å². The number of carbonyl (C=O) groups is 2. The smallest absolute Gasteiger partial charge is 0.267 e. The van der Waals surface area contributed by atoms with Crippen LogP contribution in [0.2, 0.25) is 5.02 Å². The number of amides is 2. The minimum absolute atomic E-state index is 0.0193. The van der Waals surface area contributed by atoms with Crippen LogP contribution in [0, 0.1) is 0 Å². The zero-order valence-corrected chi connectivity index (χ0v) is 16.3. The summed E-state index contributed by atoms with van der Waals surface area (Å²) in [5.41, 5.74) is 0.997. The van der Waals surface area contributed by atoms with E-state index >= 15 is 0 Å². The lowest BCUT2D eigenvalue weighted by Crippen LogP contribution is -2.71. The molecule has 2 aromatic carbocycles. The van der Waals surface area contributed by atoms with E-state index in [1.54, 1.807) is 29.2 Å². The van der Waals surface area contributed by atoms with Gasteiger partial charge < -0.3 is 14.5 Å². The lowest BCUT2D eigenvalue weighted by molar-refractivity contribution is -0.174. The second-order valence-corrected chi connectivity index (χ2v) is 7.71. The summed E-state index contributed by atoms with van der Waals surface area (Å²) < 4.78 is 5.91. The van der Waals surface area contributed by atoms with E-state index in [2.05, 4.69) is 0 Å². The van der Waals surface area contributed by atoms with E-state index in [0.29, 0.717) is 17.3 Å². The number of likely N-dealkylation sites (tertiary alicyclic amines) is 2. The molecule has 146 valence electrons. The fraction of sp³-hybridized carbons (Fsp3) is 0.364. The molecule has 2 aliphatic heterocycles. The maximum absolute atomic E-state index is 13.2. The van der Waals surface area contributed by atoms with Gasteiger partial charge >= 0.3 is 0 Å². The van der Waals surface area contributed by atoms with Gasteiger partial charge in [0.1, 0.15) is 5.75 Å². The number of β-lactam (4-membered cyclic amide) rings is 1. The number of carbonyl (C=O) groups excluding carboxylic acids is 2. The third-order valence-electron chi connectivity index (χ3n) is 5.34. The first-order valence-electron chi connectivity index (χ1n) is 9.69. The Bertz CT molecular complexity index is 835. The summed E-state index contributed by atoms with van der Waals surface area (Å²) in [6, 6.07) is 16.0. The predicted octanol–water partition coefficient (Wildman–Crippen LogP) is 3.51. The first-order valence-corrected chi connectivity index (χ1v) is 10.1. The molecular formula is C22H23ClN2O3. The number of benzene rings is 2. The van der Waals surface area contributed by atoms with Gasteiger partial charge in [-0.15, -0.1) is 0 Å². The van der Waals surface area contributed by atoms with E-state index in [0.717, 1.165) is 37.9 Å². The molecule has 4 rings (SSSR count).